The van der Waals surface area contributed by atoms with Crippen molar-refractivity contribution in [1.29, 1.82) is 0 Å². The molecule has 0 saturated heterocycles. The van der Waals surface area contributed by atoms with Crippen LogP contribution in [0.4, 0.5) is 5.69 Å². The molecular formula is C27H20IrN4O. The van der Waals surface area contributed by atoms with Crippen molar-refractivity contribution in [3.8, 4) is 11.3 Å². The normalized spacial score (nSPS) is 12.1. The van der Waals surface area contributed by atoms with Crippen LogP contribution in [0.25, 0.3) is 33.3 Å². The second kappa shape index (κ2) is 9.84. The molecule has 6 rings (SSSR count). The Morgan fingerprint density at radius 3 is 2.61 bits per heavy atom. The van der Waals surface area contributed by atoms with Gasteiger partial charge in [-0.1, -0.05) is 38.8 Å². The Balaban J connectivity index is 0.000000164. The molecule has 6 heteroatoms. The van der Waals surface area contributed by atoms with Crippen molar-refractivity contribution >= 4 is 33.8 Å². The quantitative estimate of drug-likeness (QED) is 0.194. The first-order chi connectivity index (χ1) is 15.7. The van der Waals surface area contributed by atoms with Crippen molar-refractivity contribution in [2.45, 2.75) is 6.92 Å². The van der Waals surface area contributed by atoms with E-state index in [0.29, 0.717) is 5.71 Å². The van der Waals surface area contributed by atoms with Gasteiger partial charge >= 0.3 is 6.01 Å². The molecule has 0 N–H and O–H groups in total. The third kappa shape index (κ3) is 4.89. The van der Waals surface area contributed by atoms with E-state index in [1.165, 1.54) is 5.56 Å². The van der Waals surface area contributed by atoms with Crippen molar-refractivity contribution in [1.82, 2.24) is 9.97 Å². The fraction of sp³-hybridized carbons (Fsp3) is 0.0741. The van der Waals surface area contributed by atoms with Crippen molar-refractivity contribution < 1.29 is 33.7 Å². The first kappa shape index (κ1) is 22.5. The maximum Gasteiger partial charge on any atom is 0.493 e. The van der Waals surface area contributed by atoms with Crippen LogP contribution in [0, 0.1) is 19.1 Å². The second-order valence-electron chi connectivity index (χ2n) is 7.43. The molecule has 33 heavy (non-hydrogen) atoms. The number of hydrogen-bond acceptors (Lipinski definition) is 3. The van der Waals surface area contributed by atoms with Gasteiger partial charge in [-0.2, -0.15) is 6.07 Å². The molecule has 0 spiro atoms. The smallest absolute Gasteiger partial charge is 0.465 e. The summed E-state index contributed by atoms with van der Waals surface area (Å²) in [4.78, 5) is 8.54. The zero-order valence-electron chi connectivity index (χ0n) is 18.1. The Bertz CT molecular complexity index is 1510. The van der Waals surface area contributed by atoms with Crippen LogP contribution < -0.4 is 0 Å². The molecule has 3 aromatic heterocycles. The van der Waals surface area contributed by atoms with E-state index in [-0.39, 0.29) is 20.1 Å². The predicted octanol–water partition coefficient (Wildman–Crippen LogP) is 5.58. The topological polar surface area (TPSA) is 44.9 Å². The predicted molar refractivity (Wildman–Crippen MR) is 124 cm³/mol. The monoisotopic (exact) mass is 609 g/mol. The van der Waals surface area contributed by atoms with Gasteiger partial charge in [0.2, 0.25) is 11.9 Å². The van der Waals surface area contributed by atoms with Crippen LogP contribution in [0.15, 0.2) is 89.9 Å². The summed E-state index contributed by atoms with van der Waals surface area (Å²) in [5.41, 5.74) is 5.57. The molecule has 0 unspecified atom stereocenters. The number of aromatic nitrogens is 2. The van der Waals surface area contributed by atoms with Gasteiger partial charge in [0.15, 0.2) is 7.05 Å². The minimum Gasteiger partial charge on any atom is -0.465 e. The van der Waals surface area contributed by atoms with Crippen LogP contribution in [0.5, 0.6) is 0 Å². The van der Waals surface area contributed by atoms with Gasteiger partial charge in [-0.3, -0.25) is 0 Å². The van der Waals surface area contributed by atoms with Crippen LogP contribution in [-0.4, -0.2) is 32.2 Å². The van der Waals surface area contributed by atoms with E-state index in [9.17, 15) is 0 Å². The van der Waals surface area contributed by atoms with Gasteiger partial charge in [0.05, 0.1) is 0 Å². The zero-order chi connectivity index (χ0) is 21.9. The Kier molecular flexibility index (Phi) is 6.71. The molecule has 0 bridgehead atoms. The number of benzene rings is 2. The molecule has 5 nitrogen and oxygen atoms in total. The van der Waals surface area contributed by atoms with E-state index < -0.39 is 0 Å². The molecule has 1 aliphatic rings. The summed E-state index contributed by atoms with van der Waals surface area (Å²) in [6.07, 6.45) is 7.46. The molecule has 163 valence electrons. The molecule has 0 saturated carbocycles. The second-order valence-corrected chi connectivity index (χ2v) is 7.43. The fourth-order valence-corrected chi connectivity index (χ4v) is 3.39. The van der Waals surface area contributed by atoms with Crippen LogP contribution in [0.2, 0.25) is 0 Å². The van der Waals surface area contributed by atoms with Crippen LogP contribution >= 0.6 is 0 Å². The number of pyridine rings is 2. The van der Waals surface area contributed by atoms with E-state index >= 15 is 0 Å². The van der Waals surface area contributed by atoms with E-state index in [4.69, 9.17) is 4.42 Å². The zero-order valence-corrected chi connectivity index (χ0v) is 20.5. The van der Waals surface area contributed by atoms with Gasteiger partial charge in [0.1, 0.15) is 5.69 Å². The number of rotatable bonds is 2. The fourth-order valence-electron chi connectivity index (χ4n) is 3.39. The van der Waals surface area contributed by atoms with Crippen molar-refractivity contribution in [2.24, 2.45) is 0 Å². The number of hydrogen-bond donors (Lipinski definition) is 0. The summed E-state index contributed by atoms with van der Waals surface area (Å²) in [5.74, 6) is 0. The first-order valence-electron chi connectivity index (χ1n) is 10.2. The molecule has 2 aromatic carbocycles. The number of fused-ring (bicyclic) bond motifs is 3. The van der Waals surface area contributed by atoms with Crippen LogP contribution in [-0.2, 0) is 20.1 Å². The average Bonchev–Trinajstić information content (AvgIpc) is 3.43. The molecule has 5 aromatic rings. The largest absolute Gasteiger partial charge is 0.493 e. The van der Waals surface area contributed by atoms with Crippen molar-refractivity contribution in [3.05, 3.63) is 103 Å². The Morgan fingerprint density at radius 2 is 1.88 bits per heavy atom. The Labute approximate surface area is 205 Å². The third-order valence-electron chi connectivity index (χ3n) is 5.03. The minimum absolute atomic E-state index is 0. The molecule has 0 aliphatic carbocycles. The van der Waals surface area contributed by atoms with E-state index in [2.05, 4.69) is 34.2 Å². The summed E-state index contributed by atoms with van der Waals surface area (Å²) in [5, 5.41) is 2.05. The molecule has 1 aliphatic heterocycles. The standard InChI is InChI=1S/C15H10N3O.C12H10N.Ir/c1-17-7-8-18(10-17)11-4-5-12-13-3-2-6-16-15(13)19-14(12)9-11;1-10-7-8-12(13-9-10)11-5-3-2-4-6-11;/h2-3,5-9H,1H3;2-5,7-9H,1H3;/q+1;-1;. The maximum absolute atomic E-state index is 5.76. The van der Waals surface area contributed by atoms with E-state index in [1.807, 2.05) is 96.3 Å². The molecule has 0 atom stereocenters. The average molecular weight is 609 g/mol. The Hall–Kier alpha value is -3.69. The first-order valence-corrected chi connectivity index (χ1v) is 10.2. The van der Waals surface area contributed by atoms with E-state index in [1.54, 1.807) is 6.20 Å². The van der Waals surface area contributed by atoms with Crippen LogP contribution in [0.1, 0.15) is 5.56 Å². The third-order valence-corrected chi connectivity index (χ3v) is 5.03. The van der Waals surface area contributed by atoms with Gasteiger partial charge in [0, 0.05) is 38.1 Å². The number of nitrogens with zero attached hydrogens (tertiary/aromatic N) is 4. The van der Waals surface area contributed by atoms with Gasteiger partial charge in [-0.05, 0) is 29.6 Å². The molecular weight excluding hydrogens is 589 g/mol. The summed E-state index contributed by atoms with van der Waals surface area (Å²) < 4.78 is 9.49. The molecule has 0 amide bonds. The number of furan rings is 1. The van der Waals surface area contributed by atoms with Gasteiger partial charge in [-0.15, -0.1) is 42.0 Å². The van der Waals surface area contributed by atoms with Gasteiger partial charge in [-0.25, -0.2) is 4.98 Å². The summed E-state index contributed by atoms with van der Waals surface area (Å²) in [6, 6.07) is 29.3. The van der Waals surface area contributed by atoms with Gasteiger partial charge in [0.25, 0.3) is 6.20 Å². The van der Waals surface area contributed by atoms with Crippen LogP contribution in [0.3, 0.4) is 0 Å². The summed E-state index contributed by atoms with van der Waals surface area (Å²) >= 11 is 0. The van der Waals surface area contributed by atoms with Crippen molar-refractivity contribution in [3.63, 3.8) is 0 Å². The maximum atomic E-state index is 5.76. The Morgan fingerprint density at radius 1 is 0.970 bits per heavy atom. The number of aryl methyl sites for hydroxylation is 1. The minimum atomic E-state index is 0. The summed E-state index contributed by atoms with van der Waals surface area (Å²) in [7, 11) is 1.93. The molecule has 0 fully saturated rings. The van der Waals surface area contributed by atoms with Gasteiger partial charge < -0.3 is 9.40 Å². The molecule has 4 heterocycles. The van der Waals surface area contributed by atoms with Crippen molar-refractivity contribution in [2.75, 3.05) is 7.05 Å². The SMILES string of the molecule is C[N+]1=C=[N+](c2[c-]cc3c(c2)oc2ncccc23)C=C1.Cc1ccc(-c2[c-]cccc2)nc1.[Ir]. The van der Waals surface area contributed by atoms with E-state index in [0.717, 1.165) is 33.3 Å². The molecule has 1 radical (unpaired) electrons. The summed E-state index contributed by atoms with van der Waals surface area (Å²) in [6.45, 7) is 2.03.